The molecule has 5 heteroatoms. The minimum absolute atomic E-state index is 1.03. The predicted octanol–water partition coefficient (Wildman–Crippen LogP) is -0.531. The first kappa shape index (κ1) is 7.11. The average Bonchev–Trinajstić information content (AvgIpc) is 1.31. The molecular formula is C2H8NO3P. The lowest BCUT2D eigenvalue weighted by molar-refractivity contribution is 0.361. The van der Waals surface area contributed by atoms with Gasteiger partial charge in [0.15, 0.2) is 0 Å². The third-order valence-electron chi connectivity index (χ3n) is 0.531. The Bertz CT molecular complexity index is 95.1. The second-order valence-electron chi connectivity index (χ2n) is 1.33. The second kappa shape index (κ2) is 1.92. The van der Waals surface area contributed by atoms with Gasteiger partial charge in [-0.15, -0.1) is 0 Å². The van der Waals surface area contributed by atoms with Crippen LogP contribution in [-0.2, 0) is 4.57 Å². The zero-order valence-electron chi connectivity index (χ0n) is 3.90. The van der Waals surface area contributed by atoms with E-state index in [0.29, 0.717) is 0 Å². The minimum atomic E-state index is -3.96. The summed E-state index contributed by atoms with van der Waals surface area (Å²) in [7, 11) is -3.96. The molecule has 4 N–H and O–H groups in total. The fraction of sp³-hybridized carbons (Fsp3) is 1.00. The van der Waals surface area contributed by atoms with E-state index in [2.05, 4.69) is 0 Å². The van der Waals surface area contributed by atoms with Crippen LogP contribution in [0, 0.1) is 0 Å². The van der Waals surface area contributed by atoms with Crippen molar-refractivity contribution in [1.82, 2.24) is 0 Å². The van der Waals surface area contributed by atoms with Crippen LogP contribution < -0.4 is 5.73 Å². The van der Waals surface area contributed by atoms with Gasteiger partial charge in [-0.25, -0.2) is 0 Å². The highest BCUT2D eigenvalue weighted by Crippen LogP contribution is 2.37. The smallest absolute Gasteiger partial charge is 0.323 e. The summed E-state index contributed by atoms with van der Waals surface area (Å²) in [6, 6.07) is 0. The third kappa shape index (κ3) is 2.76. The average molecular weight is 125 g/mol. The van der Waals surface area contributed by atoms with E-state index in [1.165, 1.54) is 6.92 Å². The first-order chi connectivity index (χ1) is 2.94. The van der Waals surface area contributed by atoms with Gasteiger partial charge in [0.05, 0.1) is 0 Å². The van der Waals surface area contributed by atoms with E-state index >= 15 is 0 Å². The summed E-state index contributed by atoms with van der Waals surface area (Å²) in [5.41, 5.74) is 4.81. The molecule has 0 unspecified atom stereocenters. The van der Waals surface area contributed by atoms with Crippen LogP contribution in [0.25, 0.3) is 0 Å². The predicted molar refractivity (Wildman–Crippen MR) is 25.7 cm³/mol. The van der Waals surface area contributed by atoms with Crippen molar-refractivity contribution in [2.24, 2.45) is 5.73 Å². The van der Waals surface area contributed by atoms with Gasteiger partial charge >= 0.3 is 7.60 Å². The van der Waals surface area contributed by atoms with Crippen LogP contribution in [-0.4, -0.2) is 15.6 Å². The van der Waals surface area contributed by atoms with Crippen molar-refractivity contribution in [3.05, 3.63) is 0 Å². The van der Waals surface area contributed by atoms with E-state index in [1.807, 2.05) is 0 Å². The summed E-state index contributed by atoms with van der Waals surface area (Å²) in [6.07, 6.45) is 0. The lowest BCUT2D eigenvalue weighted by Crippen LogP contribution is -2.14. The maximum Gasteiger partial charge on any atom is 0.341 e. The summed E-state index contributed by atoms with van der Waals surface area (Å²) >= 11 is 0. The molecule has 44 valence electrons. The highest BCUT2D eigenvalue weighted by molar-refractivity contribution is 7.52. The van der Waals surface area contributed by atoms with Crippen LogP contribution in [0.5, 0.6) is 0 Å². The molecule has 0 amide bonds. The monoisotopic (exact) mass is 125 g/mol. The van der Waals surface area contributed by atoms with Crippen LogP contribution in [0.15, 0.2) is 0 Å². The largest absolute Gasteiger partial charge is 0.341 e. The molecule has 0 rings (SSSR count). The van der Waals surface area contributed by atoms with Crippen LogP contribution in [0.2, 0.25) is 0 Å². The van der Waals surface area contributed by atoms with Gasteiger partial charge in [-0.2, -0.15) is 0 Å². The van der Waals surface area contributed by atoms with Gasteiger partial charge in [0.2, 0.25) is 0 Å². The molecule has 0 aromatic carbocycles. The molecule has 1 atom stereocenters. The Balaban J connectivity index is 3.80. The summed E-state index contributed by atoms with van der Waals surface area (Å²) < 4.78 is 9.90. The molecule has 0 saturated heterocycles. The quantitative estimate of drug-likeness (QED) is 0.411. The third-order valence-corrected chi connectivity index (χ3v) is 1.59. The normalized spacial score (nSPS) is 16.6. The van der Waals surface area contributed by atoms with E-state index in [1.54, 1.807) is 0 Å². The first-order valence-corrected chi connectivity index (χ1v) is 3.43. The van der Waals surface area contributed by atoms with Crippen molar-refractivity contribution in [3.63, 3.8) is 0 Å². The fourth-order valence-corrected chi connectivity index (χ4v) is 0. The van der Waals surface area contributed by atoms with Crippen molar-refractivity contribution < 1.29 is 14.4 Å². The van der Waals surface area contributed by atoms with Crippen molar-refractivity contribution in [2.75, 3.05) is 0 Å². The molecule has 0 bridgehead atoms. The standard InChI is InChI=1S/C2H8NO3P/c1-2(3)7(4,5)6/h2H,3H2,1H3,(H2,4,5,6)/t2-/m1/s1. The molecule has 0 fully saturated rings. The molecule has 0 aromatic heterocycles. The number of hydrogen-bond acceptors (Lipinski definition) is 2. The van der Waals surface area contributed by atoms with Crippen molar-refractivity contribution in [3.8, 4) is 0 Å². The van der Waals surface area contributed by atoms with Crippen LogP contribution in [0.1, 0.15) is 6.92 Å². The number of nitrogens with two attached hydrogens (primary N) is 1. The lowest BCUT2D eigenvalue weighted by Gasteiger charge is -2.04. The second-order valence-corrected chi connectivity index (χ2v) is 3.32. The highest BCUT2D eigenvalue weighted by atomic mass is 31.2. The van der Waals surface area contributed by atoms with E-state index in [9.17, 15) is 4.57 Å². The Labute approximate surface area is 41.5 Å². The molecule has 0 saturated carbocycles. The van der Waals surface area contributed by atoms with Gasteiger partial charge in [0.25, 0.3) is 0 Å². The lowest BCUT2D eigenvalue weighted by atomic mass is 10.8. The Kier molecular flexibility index (Phi) is 1.95. The summed E-state index contributed by atoms with van der Waals surface area (Å²) in [4.78, 5) is 16.2. The molecule has 4 nitrogen and oxygen atoms in total. The van der Waals surface area contributed by atoms with Gasteiger partial charge in [0.1, 0.15) is 5.78 Å². The molecule has 0 aromatic rings. The Morgan fingerprint density at radius 1 is 1.71 bits per heavy atom. The van der Waals surface area contributed by atoms with E-state index < -0.39 is 13.4 Å². The minimum Gasteiger partial charge on any atom is -0.323 e. The zero-order chi connectivity index (χ0) is 6.08. The van der Waals surface area contributed by atoms with Crippen molar-refractivity contribution in [1.29, 1.82) is 0 Å². The summed E-state index contributed by atoms with van der Waals surface area (Å²) in [6.45, 7) is 1.26. The van der Waals surface area contributed by atoms with Crippen LogP contribution in [0.3, 0.4) is 0 Å². The Morgan fingerprint density at radius 2 is 1.86 bits per heavy atom. The van der Waals surface area contributed by atoms with Crippen LogP contribution in [0.4, 0.5) is 0 Å². The van der Waals surface area contributed by atoms with Gasteiger partial charge < -0.3 is 15.5 Å². The Hall–Kier alpha value is 0.110. The molecule has 0 aliphatic rings. The van der Waals surface area contributed by atoms with E-state index in [0.717, 1.165) is 0 Å². The van der Waals surface area contributed by atoms with Crippen molar-refractivity contribution in [2.45, 2.75) is 12.7 Å². The molecule has 0 spiro atoms. The van der Waals surface area contributed by atoms with E-state index in [-0.39, 0.29) is 0 Å². The maximum atomic E-state index is 9.90. The Morgan fingerprint density at radius 3 is 1.86 bits per heavy atom. The highest BCUT2D eigenvalue weighted by Gasteiger charge is 2.17. The molecule has 0 heterocycles. The zero-order valence-corrected chi connectivity index (χ0v) is 4.80. The van der Waals surface area contributed by atoms with Crippen LogP contribution >= 0.6 is 7.60 Å². The summed E-state index contributed by atoms with van der Waals surface area (Å²) in [5.74, 6) is -1.03. The molecule has 7 heavy (non-hydrogen) atoms. The van der Waals surface area contributed by atoms with E-state index in [4.69, 9.17) is 15.5 Å². The maximum absolute atomic E-state index is 9.90. The first-order valence-electron chi connectivity index (χ1n) is 1.75. The van der Waals surface area contributed by atoms with Gasteiger partial charge in [0, 0.05) is 0 Å². The SMILES string of the molecule is C[C@H](N)P(=O)(O)O. The van der Waals surface area contributed by atoms with Gasteiger partial charge in [-0.3, -0.25) is 4.57 Å². The number of hydrogen-bond donors (Lipinski definition) is 3. The van der Waals surface area contributed by atoms with Crippen molar-refractivity contribution >= 4 is 7.60 Å². The number of rotatable bonds is 1. The van der Waals surface area contributed by atoms with Gasteiger partial charge in [-0.05, 0) is 6.92 Å². The topological polar surface area (TPSA) is 83.6 Å². The molecule has 0 radical (unpaired) electrons. The molecule has 0 aliphatic carbocycles. The molecular weight excluding hydrogens is 117 g/mol. The summed E-state index contributed by atoms with van der Waals surface area (Å²) in [5, 5.41) is 0. The molecule has 0 aliphatic heterocycles. The fourth-order valence-electron chi connectivity index (χ4n) is 0. The van der Waals surface area contributed by atoms with Gasteiger partial charge in [-0.1, -0.05) is 0 Å².